The third-order valence-electron chi connectivity index (χ3n) is 3.04. The largest absolute Gasteiger partial charge is 0.465 e. The van der Waals surface area contributed by atoms with Crippen LogP contribution < -0.4 is 5.32 Å². The molecule has 1 heterocycles. The quantitative estimate of drug-likeness (QED) is 0.826. The molecule has 2 rings (SSSR count). The highest BCUT2D eigenvalue weighted by atomic mass is 16.6. The molecule has 0 saturated carbocycles. The number of benzene rings is 1. The Morgan fingerprint density at radius 1 is 1.33 bits per heavy atom. The van der Waals surface area contributed by atoms with Crippen LogP contribution in [0.5, 0.6) is 0 Å². The number of methoxy groups -OCH3 is 1. The number of amides is 2. The van der Waals surface area contributed by atoms with Crippen LogP contribution in [0.2, 0.25) is 0 Å². The van der Waals surface area contributed by atoms with Crippen LogP contribution in [0.3, 0.4) is 0 Å². The molecule has 2 amide bonds. The van der Waals surface area contributed by atoms with Crippen molar-refractivity contribution in [2.45, 2.75) is 6.42 Å². The summed E-state index contributed by atoms with van der Waals surface area (Å²) in [6.45, 7) is 1.21. The summed E-state index contributed by atoms with van der Waals surface area (Å²) in [6, 6.07) is 6.38. The lowest BCUT2D eigenvalue weighted by atomic mass is 10.2. The predicted molar refractivity (Wildman–Crippen MR) is 73.9 cm³/mol. The van der Waals surface area contributed by atoms with E-state index in [1.54, 1.807) is 24.3 Å². The number of esters is 1. The molecule has 1 N–H and O–H groups in total. The average molecular weight is 292 g/mol. The van der Waals surface area contributed by atoms with Gasteiger partial charge in [0, 0.05) is 18.7 Å². The van der Waals surface area contributed by atoms with Crippen molar-refractivity contribution in [1.82, 2.24) is 4.90 Å². The molecule has 1 aliphatic rings. The van der Waals surface area contributed by atoms with Gasteiger partial charge in [-0.1, -0.05) is 0 Å². The second-order valence-corrected chi connectivity index (χ2v) is 4.47. The van der Waals surface area contributed by atoms with Gasteiger partial charge in [0.05, 0.1) is 19.2 Å². The minimum Gasteiger partial charge on any atom is -0.465 e. The van der Waals surface area contributed by atoms with Gasteiger partial charge in [-0.3, -0.25) is 4.79 Å². The van der Waals surface area contributed by atoms with Gasteiger partial charge in [0.25, 0.3) is 0 Å². The van der Waals surface area contributed by atoms with E-state index in [0.29, 0.717) is 30.9 Å². The minimum atomic E-state index is -0.430. The fourth-order valence-corrected chi connectivity index (χ4v) is 1.90. The van der Waals surface area contributed by atoms with Crippen LogP contribution in [0.1, 0.15) is 16.8 Å². The summed E-state index contributed by atoms with van der Waals surface area (Å²) in [5.41, 5.74) is 0.993. The maximum atomic E-state index is 11.8. The number of cyclic esters (lactones) is 1. The van der Waals surface area contributed by atoms with Crippen molar-refractivity contribution < 1.29 is 23.9 Å². The highest BCUT2D eigenvalue weighted by molar-refractivity contribution is 5.93. The van der Waals surface area contributed by atoms with Crippen molar-refractivity contribution >= 4 is 23.7 Å². The van der Waals surface area contributed by atoms with Gasteiger partial charge in [0.2, 0.25) is 5.91 Å². The van der Waals surface area contributed by atoms with E-state index in [-0.39, 0.29) is 18.4 Å². The number of ether oxygens (including phenoxy) is 2. The van der Waals surface area contributed by atoms with E-state index in [4.69, 9.17) is 4.74 Å². The third-order valence-corrected chi connectivity index (χ3v) is 3.04. The molecule has 1 fully saturated rings. The predicted octanol–water partition coefficient (Wildman–Crippen LogP) is 1.25. The van der Waals surface area contributed by atoms with E-state index in [1.807, 2.05) is 0 Å². The standard InChI is InChI=1S/C14H16N2O5/c1-20-13(18)10-2-4-11(5-3-10)15-12(17)6-7-16-8-9-21-14(16)19/h2-5H,6-9H2,1H3,(H,15,17). The van der Waals surface area contributed by atoms with Gasteiger partial charge < -0.3 is 19.7 Å². The van der Waals surface area contributed by atoms with E-state index in [2.05, 4.69) is 10.1 Å². The first-order chi connectivity index (χ1) is 10.1. The molecule has 0 bridgehead atoms. The van der Waals surface area contributed by atoms with Crippen LogP contribution in [0.4, 0.5) is 10.5 Å². The van der Waals surface area contributed by atoms with E-state index in [0.717, 1.165) is 0 Å². The Hall–Kier alpha value is -2.57. The minimum absolute atomic E-state index is 0.188. The van der Waals surface area contributed by atoms with Gasteiger partial charge in [-0.05, 0) is 24.3 Å². The van der Waals surface area contributed by atoms with Crippen LogP contribution in [0.15, 0.2) is 24.3 Å². The van der Waals surface area contributed by atoms with Gasteiger partial charge in [0.15, 0.2) is 0 Å². The lowest BCUT2D eigenvalue weighted by molar-refractivity contribution is -0.116. The summed E-state index contributed by atoms with van der Waals surface area (Å²) in [5.74, 6) is -0.638. The summed E-state index contributed by atoms with van der Waals surface area (Å²) in [6.07, 6.45) is -0.196. The second-order valence-electron chi connectivity index (χ2n) is 4.47. The molecule has 1 saturated heterocycles. The van der Waals surface area contributed by atoms with Crippen LogP contribution in [0.25, 0.3) is 0 Å². The third kappa shape index (κ3) is 3.95. The van der Waals surface area contributed by atoms with Crippen molar-refractivity contribution in [3.8, 4) is 0 Å². The molecule has 0 aromatic heterocycles. The smallest absolute Gasteiger partial charge is 0.409 e. The lowest BCUT2D eigenvalue weighted by Crippen LogP contribution is -2.28. The first-order valence-electron chi connectivity index (χ1n) is 6.50. The zero-order valence-corrected chi connectivity index (χ0v) is 11.6. The van der Waals surface area contributed by atoms with Gasteiger partial charge >= 0.3 is 12.1 Å². The van der Waals surface area contributed by atoms with Gasteiger partial charge in [0.1, 0.15) is 6.61 Å². The Bertz CT molecular complexity index is 541. The lowest BCUT2D eigenvalue weighted by Gasteiger charge is -2.12. The van der Waals surface area contributed by atoms with Crippen LogP contribution in [-0.2, 0) is 14.3 Å². The molecule has 7 nitrogen and oxygen atoms in total. The second kappa shape index (κ2) is 6.74. The molecule has 112 valence electrons. The van der Waals surface area contributed by atoms with Crippen molar-refractivity contribution in [3.05, 3.63) is 29.8 Å². The van der Waals surface area contributed by atoms with E-state index in [1.165, 1.54) is 12.0 Å². The molecular weight excluding hydrogens is 276 g/mol. The molecule has 1 aromatic carbocycles. The van der Waals surface area contributed by atoms with Crippen molar-refractivity contribution in [3.63, 3.8) is 0 Å². The number of nitrogens with zero attached hydrogens (tertiary/aromatic N) is 1. The summed E-state index contributed by atoms with van der Waals surface area (Å²) >= 11 is 0. The molecule has 0 spiro atoms. The number of carbonyl (C=O) groups excluding carboxylic acids is 3. The van der Waals surface area contributed by atoms with Gasteiger partial charge in [-0.25, -0.2) is 9.59 Å². The number of hydrogen-bond donors (Lipinski definition) is 1. The van der Waals surface area contributed by atoms with Crippen molar-refractivity contribution in [2.24, 2.45) is 0 Å². The normalized spacial score (nSPS) is 13.8. The Labute approximate surface area is 121 Å². The maximum absolute atomic E-state index is 11.8. The van der Waals surface area contributed by atoms with Crippen LogP contribution in [0, 0.1) is 0 Å². The highest BCUT2D eigenvalue weighted by Crippen LogP contribution is 2.11. The SMILES string of the molecule is COC(=O)c1ccc(NC(=O)CCN2CCOC2=O)cc1. The number of carbonyl (C=O) groups is 3. The zero-order valence-electron chi connectivity index (χ0n) is 11.6. The number of anilines is 1. The molecule has 0 atom stereocenters. The summed E-state index contributed by atoms with van der Waals surface area (Å²) < 4.78 is 9.36. The van der Waals surface area contributed by atoms with Crippen molar-refractivity contribution in [1.29, 1.82) is 0 Å². The first kappa shape index (κ1) is 14.8. The molecule has 0 unspecified atom stereocenters. The summed E-state index contributed by atoms with van der Waals surface area (Å²) in [7, 11) is 1.31. The van der Waals surface area contributed by atoms with E-state index < -0.39 is 5.97 Å². The van der Waals surface area contributed by atoms with Crippen LogP contribution >= 0.6 is 0 Å². The fraction of sp³-hybridized carbons (Fsp3) is 0.357. The Morgan fingerprint density at radius 2 is 2.05 bits per heavy atom. The number of hydrogen-bond acceptors (Lipinski definition) is 5. The van der Waals surface area contributed by atoms with Crippen LogP contribution in [-0.4, -0.2) is 49.7 Å². The molecular formula is C14H16N2O5. The Balaban J connectivity index is 1.82. The molecule has 1 aliphatic heterocycles. The summed E-state index contributed by atoms with van der Waals surface area (Å²) in [4.78, 5) is 35.7. The monoisotopic (exact) mass is 292 g/mol. The number of nitrogens with one attached hydrogen (secondary N) is 1. The molecule has 1 aromatic rings. The molecule has 0 radical (unpaired) electrons. The highest BCUT2D eigenvalue weighted by Gasteiger charge is 2.22. The molecule has 21 heavy (non-hydrogen) atoms. The maximum Gasteiger partial charge on any atom is 0.409 e. The topological polar surface area (TPSA) is 84.9 Å². The number of rotatable bonds is 5. The molecule has 0 aliphatic carbocycles. The summed E-state index contributed by atoms with van der Waals surface area (Å²) in [5, 5.41) is 2.70. The Kier molecular flexibility index (Phi) is 4.76. The van der Waals surface area contributed by atoms with Gasteiger partial charge in [-0.15, -0.1) is 0 Å². The zero-order chi connectivity index (χ0) is 15.2. The van der Waals surface area contributed by atoms with E-state index in [9.17, 15) is 14.4 Å². The van der Waals surface area contributed by atoms with E-state index >= 15 is 0 Å². The first-order valence-corrected chi connectivity index (χ1v) is 6.50. The van der Waals surface area contributed by atoms with Gasteiger partial charge in [-0.2, -0.15) is 0 Å². The Morgan fingerprint density at radius 3 is 2.62 bits per heavy atom. The fourth-order valence-electron chi connectivity index (χ4n) is 1.90. The molecule has 7 heteroatoms. The van der Waals surface area contributed by atoms with Crippen molar-refractivity contribution in [2.75, 3.05) is 32.1 Å². The average Bonchev–Trinajstić information content (AvgIpc) is 2.90.